The van der Waals surface area contributed by atoms with Crippen LogP contribution in [0.2, 0.25) is 0 Å². The molecule has 1 rings (SSSR count). The largest absolute Gasteiger partial charge is 0.384 e. The van der Waals surface area contributed by atoms with E-state index >= 15 is 0 Å². The Labute approximate surface area is 90.0 Å². The maximum absolute atomic E-state index is 5.90. The van der Waals surface area contributed by atoms with Gasteiger partial charge in [0.1, 0.15) is 0 Å². The normalized spacial score (nSPS) is 13.0. The lowest BCUT2D eigenvalue weighted by molar-refractivity contribution is 0.199. The zero-order chi connectivity index (χ0) is 11.1. The highest BCUT2D eigenvalue weighted by atomic mass is 16.5. The molecule has 5 nitrogen and oxygen atoms in total. The minimum Gasteiger partial charge on any atom is -0.384 e. The first-order chi connectivity index (χ1) is 7.27. The van der Waals surface area contributed by atoms with Crippen molar-refractivity contribution in [1.29, 1.82) is 0 Å². The highest BCUT2D eigenvalue weighted by molar-refractivity contribution is 4.91. The maximum Gasteiger partial charge on any atom is 0.243 e. The molecule has 0 fully saturated rings. The molecule has 0 spiro atoms. The Kier molecular flexibility index (Phi) is 5.28. The van der Waals surface area contributed by atoms with E-state index in [2.05, 4.69) is 17.1 Å². The van der Waals surface area contributed by atoms with E-state index in [1.54, 1.807) is 7.11 Å². The molecule has 15 heavy (non-hydrogen) atoms. The van der Waals surface area contributed by atoms with Gasteiger partial charge in [-0.1, -0.05) is 24.9 Å². The van der Waals surface area contributed by atoms with Crippen molar-refractivity contribution in [2.45, 2.75) is 38.6 Å². The lowest BCUT2D eigenvalue weighted by Gasteiger charge is -2.03. The molecule has 86 valence electrons. The Balaban J connectivity index is 2.43. The third-order valence-electron chi connectivity index (χ3n) is 2.20. The van der Waals surface area contributed by atoms with Gasteiger partial charge in [0.15, 0.2) is 5.82 Å². The number of hydrogen-bond donors (Lipinski definition) is 1. The predicted molar refractivity (Wildman–Crippen MR) is 56.3 cm³/mol. The van der Waals surface area contributed by atoms with Gasteiger partial charge in [0, 0.05) is 13.5 Å². The van der Waals surface area contributed by atoms with E-state index in [1.807, 2.05) is 0 Å². The second kappa shape index (κ2) is 6.53. The Morgan fingerprint density at radius 2 is 2.33 bits per heavy atom. The molecular formula is C10H19N3O2. The van der Waals surface area contributed by atoms with Crippen LogP contribution in [-0.2, 0) is 11.2 Å². The van der Waals surface area contributed by atoms with Gasteiger partial charge >= 0.3 is 0 Å². The molecule has 0 aliphatic carbocycles. The molecular weight excluding hydrogens is 194 g/mol. The summed E-state index contributed by atoms with van der Waals surface area (Å²) in [6, 6.07) is -0.131. The number of nitrogens with two attached hydrogens (primary N) is 1. The van der Waals surface area contributed by atoms with E-state index in [0.717, 1.165) is 19.3 Å². The number of hydrogen-bond acceptors (Lipinski definition) is 5. The van der Waals surface area contributed by atoms with Crippen molar-refractivity contribution in [3.63, 3.8) is 0 Å². The molecule has 0 radical (unpaired) electrons. The highest BCUT2D eigenvalue weighted by Gasteiger charge is 2.13. The third kappa shape index (κ3) is 3.97. The molecule has 0 aliphatic heterocycles. The fourth-order valence-electron chi connectivity index (χ4n) is 1.26. The molecule has 1 aromatic rings. The zero-order valence-corrected chi connectivity index (χ0v) is 9.40. The van der Waals surface area contributed by atoms with Crippen LogP contribution in [0.5, 0.6) is 0 Å². The monoisotopic (exact) mass is 213 g/mol. The van der Waals surface area contributed by atoms with Crippen LogP contribution in [0.25, 0.3) is 0 Å². The van der Waals surface area contributed by atoms with Gasteiger partial charge in [0.2, 0.25) is 5.89 Å². The number of nitrogens with zero attached hydrogens (tertiary/aromatic N) is 2. The van der Waals surface area contributed by atoms with Gasteiger partial charge in [-0.15, -0.1) is 0 Å². The van der Waals surface area contributed by atoms with Crippen molar-refractivity contribution in [1.82, 2.24) is 10.1 Å². The second-order valence-electron chi connectivity index (χ2n) is 3.54. The molecule has 0 unspecified atom stereocenters. The standard InChI is InChI=1S/C10H19N3O2/c1-3-4-5-8(11)10-12-9(13-15-10)6-7-14-2/h8H,3-7,11H2,1-2H3/t8-/m0/s1. The van der Waals surface area contributed by atoms with Gasteiger partial charge in [0.25, 0.3) is 0 Å². The van der Waals surface area contributed by atoms with Crippen molar-refractivity contribution in [2.24, 2.45) is 5.73 Å². The molecule has 5 heteroatoms. The zero-order valence-electron chi connectivity index (χ0n) is 9.40. The Morgan fingerprint density at radius 3 is 3.00 bits per heavy atom. The summed E-state index contributed by atoms with van der Waals surface area (Å²) in [4.78, 5) is 4.22. The molecule has 0 amide bonds. The number of rotatable bonds is 7. The van der Waals surface area contributed by atoms with Crippen LogP contribution >= 0.6 is 0 Å². The van der Waals surface area contributed by atoms with Crippen molar-refractivity contribution >= 4 is 0 Å². The summed E-state index contributed by atoms with van der Waals surface area (Å²) in [5, 5.41) is 3.84. The fraction of sp³-hybridized carbons (Fsp3) is 0.800. The van der Waals surface area contributed by atoms with E-state index in [-0.39, 0.29) is 6.04 Å². The summed E-state index contributed by atoms with van der Waals surface area (Å²) in [6.45, 7) is 2.73. The molecule has 0 bridgehead atoms. The fourth-order valence-corrected chi connectivity index (χ4v) is 1.26. The summed E-state index contributed by atoms with van der Waals surface area (Å²) in [6.07, 6.45) is 3.76. The Morgan fingerprint density at radius 1 is 1.53 bits per heavy atom. The van der Waals surface area contributed by atoms with Gasteiger partial charge in [-0.25, -0.2) is 0 Å². The lowest BCUT2D eigenvalue weighted by atomic mass is 10.1. The second-order valence-corrected chi connectivity index (χ2v) is 3.54. The summed E-state index contributed by atoms with van der Waals surface area (Å²) in [7, 11) is 1.65. The number of methoxy groups -OCH3 is 1. The summed E-state index contributed by atoms with van der Waals surface area (Å²) >= 11 is 0. The Hall–Kier alpha value is -0.940. The summed E-state index contributed by atoms with van der Waals surface area (Å²) < 4.78 is 10.0. The number of unbranched alkanes of at least 4 members (excludes halogenated alkanes) is 1. The van der Waals surface area contributed by atoms with Crippen molar-refractivity contribution in [3.05, 3.63) is 11.7 Å². The van der Waals surface area contributed by atoms with E-state index in [1.165, 1.54) is 0 Å². The molecule has 0 saturated carbocycles. The first-order valence-corrected chi connectivity index (χ1v) is 5.35. The smallest absolute Gasteiger partial charge is 0.243 e. The van der Waals surface area contributed by atoms with Crippen LogP contribution in [0.4, 0.5) is 0 Å². The topological polar surface area (TPSA) is 74.2 Å². The molecule has 0 aromatic carbocycles. The third-order valence-corrected chi connectivity index (χ3v) is 2.20. The van der Waals surface area contributed by atoms with Crippen LogP contribution in [-0.4, -0.2) is 23.9 Å². The number of aromatic nitrogens is 2. The average Bonchev–Trinajstić information content (AvgIpc) is 2.71. The number of ether oxygens (including phenoxy) is 1. The van der Waals surface area contributed by atoms with Gasteiger partial charge in [0.05, 0.1) is 12.6 Å². The van der Waals surface area contributed by atoms with Crippen molar-refractivity contribution < 1.29 is 9.26 Å². The lowest BCUT2D eigenvalue weighted by Crippen LogP contribution is -2.10. The van der Waals surface area contributed by atoms with Crippen LogP contribution in [0.3, 0.4) is 0 Å². The van der Waals surface area contributed by atoms with Crippen molar-refractivity contribution in [3.8, 4) is 0 Å². The van der Waals surface area contributed by atoms with Crippen LogP contribution in [0.15, 0.2) is 4.52 Å². The minimum absolute atomic E-state index is 0.131. The average molecular weight is 213 g/mol. The first-order valence-electron chi connectivity index (χ1n) is 5.35. The molecule has 1 heterocycles. The van der Waals surface area contributed by atoms with Gasteiger partial charge in [-0.2, -0.15) is 4.98 Å². The summed E-state index contributed by atoms with van der Waals surface area (Å²) in [5.41, 5.74) is 5.90. The molecule has 1 aromatic heterocycles. The molecule has 2 N–H and O–H groups in total. The predicted octanol–water partition coefficient (Wildman–Crippen LogP) is 1.45. The van der Waals surface area contributed by atoms with E-state index in [4.69, 9.17) is 15.0 Å². The SMILES string of the molecule is CCCC[C@H](N)c1nc(CCOC)no1. The van der Waals surface area contributed by atoms with E-state index in [0.29, 0.717) is 24.7 Å². The minimum atomic E-state index is -0.131. The van der Waals surface area contributed by atoms with Crippen LogP contribution in [0.1, 0.15) is 43.9 Å². The molecule has 0 saturated heterocycles. The highest BCUT2D eigenvalue weighted by Crippen LogP contribution is 2.14. The quantitative estimate of drug-likeness (QED) is 0.742. The summed E-state index contributed by atoms with van der Waals surface area (Å²) in [5.74, 6) is 1.20. The van der Waals surface area contributed by atoms with Gasteiger partial charge < -0.3 is 15.0 Å². The van der Waals surface area contributed by atoms with Gasteiger partial charge in [-0.05, 0) is 6.42 Å². The first kappa shape index (κ1) is 12.1. The van der Waals surface area contributed by atoms with Crippen molar-refractivity contribution in [2.75, 3.05) is 13.7 Å². The maximum atomic E-state index is 5.90. The van der Waals surface area contributed by atoms with Crippen LogP contribution < -0.4 is 5.73 Å². The Bertz CT molecular complexity index is 275. The van der Waals surface area contributed by atoms with Gasteiger partial charge in [-0.3, -0.25) is 0 Å². The molecule has 0 aliphatic rings. The van der Waals surface area contributed by atoms with Crippen LogP contribution in [0, 0.1) is 0 Å². The van der Waals surface area contributed by atoms with E-state index < -0.39 is 0 Å². The molecule has 1 atom stereocenters. The van der Waals surface area contributed by atoms with E-state index in [9.17, 15) is 0 Å².